The van der Waals surface area contributed by atoms with Crippen LogP contribution >= 0.6 is 0 Å². The van der Waals surface area contributed by atoms with Gasteiger partial charge in [0.1, 0.15) is 5.82 Å². The fourth-order valence-electron chi connectivity index (χ4n) is 3.22. The van der Waals surface area contributed by atoms with Gasteiger partial charge in [-0.1, -0.05) is 6.07 Å². The topological polar surface area (TPSA) is 93.1 Å². The van der Waals surface area contributed by atoms with Crippen LogP contribution in [0.25, 0.3) is 11.4 Å². The van der Waals surface area contributed by atoms with Gasteiger partial charge in [0.05, 0.1) is 25.0 Å². The van der Waals surface area contributed by atoms with Crippen molar-refractivity contribution in [2.75, 3.05) is 36.5 Å². The molecule has 4 rings (SSSR count). The summed E-state index contributed by atoms with van der Waals surface area (Å²) in [5.41, 5.74) is 0.451. The van der Waals surface area contributed by atoms with E-state index in [1.165, 1.54) is 0 Å². The SMILES string of the molecule is Cc1ccc(NC(=O)c2cc(C(F)(F)F)cnn2)cc1-c1nccc(N2CCOCC2)n1. The quantitative estimate of drug-likeness (QED) is 0.660. The van der Waals surface area contributed by atoms with E-state index in [-0.39, 0.29) is 0 Å². The number of anilines is 2. The van der Waals surface area contributed by atoms with Crippen LogP contribution in [0.3, 0.4) is 0 Å². The molecule has 1 N–H and O–H groups in total. The summed E-state index contributed by atoms with van der Waals surface area (Å²) in [6.07, 6.45) is -2.39. The lowest BCUT2D eigenvalue weighted by atomic mass is 10.1. The third-order valence-electron chi connectivity index (χ3n) is 4.93. The number of nitrogens with zero attached hydrogens (tertiary/aromatic N) is 5. The summed E-state index contributed by atoms with van der Waals surface area (Å²) in [5.74, 6) is 0.439. The molecule has 1 amide bonds. The number of hydrogen-bond acceptors (Lipinski definition) is 7. The minimum atomic E-state index is -4.62. The van der Waals surface area contributed by atoms with E-state index in [2.05, 4.69) is 30.4 Å². The fourth-order valence-corrected chi connectivity index (χ4v) is 3.22. The number of morpholine rings is 1. The number of nitrogens with one attached hydrogen (secondary N) is 1. The van der Waals surface area contributed by atoms with Crippen molar-refractivity contribution in [1.82, 2.24) is 20.2 Å². The number of aromatic nitrogens is 4. The first-order chi connectivity index (χ1) is 15.3. The second-order valence-corrected chi connectivity index (χ2v) is 7.15. The van der Waals surface area contributed by atoms with Gasteiger partial charge in [-0.25, -0.2) is 9.97 Å². The van der Waals surface area contributed by atoms with Gasteiger partial charge in [0.15, 0.2) is 11.5 Å². The van der Waals surface area contributed by atoms with Gasteiger partial charge in [-0.05, 0) is 36.8 Å². The molecule has 166 valence electrons. The molecule has 0 radical (unpaired) electrons. The number of carbonyl (C=O) groups is 1. The van der Waals surface area contributed by atoms with Gasteiger partial charge in [-0.15, -0.1) is 5.10 Å². The first kappa shape index (κ1) is 21.6. The highest BCUT2D eigenvalue weighted by molar-refractivity contribution is 6.03. The van der Waals surface area contributed by atoms with E-state index in [9.17, 15) is 18.0 Å². The van der Waals surface area contributed by atoms with E-state index in [0.717, 1.165) is 24.5 Å². The molecule has 11 heteroatoms. The van der Waals surface area contributed by atoms with E-state index < -0.39 is 23.3 Å². The number of amides is 1. The molecule has 0 saturated carbocycles. The Bertz CT molecular complexity index is 1130. The molecule has 1 aromatic carbocycles. The lowest BCUT2D eigenvalue weighted by Gasteiger charge is -2.27. The number of halogens is 3. The molecule has 0 bridgehead atoms. The highest BCUT2D eigenvalue weighted by atomic mass is 19.4. The second-order valence-electron chi connectivity index (χ2n) is 7.15. The van der Waals surface area contributed by atoms with E-state index in [0.29, 0.717) is 42.6 Å². The summed E-state index contributed by atoms with van der Waals surface area (Å²) in [6.45, 7) is 4.58. The third kappa shape index (κ3) is 4.83. The number of ether oxygens (including phenoxy) is 1. The van der Waals surface area contributed by atoms with Crippen molar-refractivity contribution in [3.8, 4) is 11.4 Å². The average Bonchev–Trinajstić information content (AvgIpc) is 2.80. The van der Waals surface area contributed by atoms with Crippen molar-refractivity contribution >= 4 is 17.4 Å². The lowest BCUT2D eigenvalue weighted by Crippen LogP contribution is -2.36. The van der Waals surface area contributed by atoms with Crippen molar-refractivity contribution in [2.45, 2.75) is 13.1 Å². The molecule has 3 heterocycles. The minimum Gasteiger partial charge on any atom is -0.378 e. The molecule has 3 aromatic rings. The standard InChI is InChI=1S/C21H19F3N6O2/c1-13-2-3-15(27-20(31)17-10-14(12-26-29-17)21(22,23)24)11-16(13)19-25-5-4-18(28-19)30-6-8-32-9-7-30/h2-5,10-12H,6-9H2,1H3,(H,27,31). The van der Waals surface area contributed by atoms with Crippen LogP contribution in [0.4, 0.5) is 24.7 Å². The monoisotopic (exact) mass is 444 g/mol. The summed E-state index contributed by atoms with van der Waals surface area (Å²) < 4.78 is 44.0. The summed E-state index contributed by atoms with van der Waals surface area (Å²) in [6, 6.07) is 7.57. The van der Waals surface area contributed by atoms with Gasteiger partial charge in [-0.2, -0.15) is 18.3 Å². The molecule has 0 atom stereocenters. The van der Waals surface area contributed by atoms with Crippen LogP contribution in [-0.4, -0.2) is 52.4 Å². The average molecular weight is 444 g/mol. The van der Waals surface area contributed by atoms with Crippen molar-refractivity contribution in [1.29, 1.82) is 0 Å². The largest absolute Gasteiger partial charge is 0.418 e. The van der Waals surface area contributed by atoms with Crippen molar-refractivity contribution in [2.24, 2.45) is 0 Å². The molecule has 2 aromatic heterocycles. The van der Waals surface area contributed by atoms with E-state index >= 15 is 0 Å². The molecule has 1 aliphatic heterocycles. The molecule has 1 fully saturated rings. The molecule has 1 aliphatic rings. The Labute approximate surface area is 181 Å². The van der Waals surface area contributed by atoms with Gasteiger partial charge in [-0.3, -0.25) is 4.79 Å². The Balaban J connectivity index is 1.58. The Morgan fingerprint density at radius 1 is 1.16 bits per heavy atom. The van der Waals surface area contributed by atoms with Gasteiger partial charge < -0.3 is 15.0 Å². The molecule has 0 unspecified atom stereocenters. The predicted octanol–water partition coefficient (Wildman–Crippen LogP) is 3.35. The highest BCUT2D eigenvalue weighted by Crippen LogP contribution is 2.29. The molecule has 32 heavy (non-hydrogen) atoms. The normalized spacial score (nSPS) is 14.3. The molecular weight excluding hydrogens is 425 g/mol. The summed E-state index contributed by atoms with van der Waals surface area (Å²) in [4.78, 5) is 23.6. The van der Waals surface area contributed by atoms with E-state index in [4.69, 9.17) is 4.74 Å². The van der Waals surface area contributed by atoms with Crippen LogP contribution < -0.4 is 10.2 Å². The minimum absolute atomic E-state index is 0.371. The molecular formula is C21H19F3N6O2. The highest BCUT2D eigenvalue weighted by Gasteiger charge is 2.32. The fraction of sp³-hybridized carbons (Fsp3) is 0.286. The lowest BCUT2D eigenvalue weighted by molar-refractivity contribution is -0.137. The first-order valence-electron chi connectivity index (χ1n) is 9.79. The number of hydrogen-bond donors (Lipinski definition) is 1. The van der Waals surface area contributed by atoms with Gasteiger partial charge >= 0.3 is 6.18 Å². The Kier molecular flexibility index (Phi) is 5.99. The van der Waals surface area contributed by atoms with Crippen LogP contribution in [0, 0.1) is 6.92 Å². The zero-order valence-electron chi connectivity index (χ0n) is 17.1. The number of alkyl halides is 3. The number of benzene rings is 1. The van der Waals surface area contributed by atoms with Gasteiger partial charge in [0, 0.05) is 30.5 Å². The maximum Gasteiger partial charge on any atom is 0.418 e. The van der Waals surface area contributed by atoms with Crippen molar-refractivity contribution < 1.29 is 22.7 Å². The van der Waals surface area contributed by atoms with Gasteiger partial charge in [0.25, 0.3) is 5.91 Å². The number of rotatable bonds is 4. The summed E-state index contributed by atoms with van der Waals surface area (Å²) in [7, 11) is 0. The van der Waals surface area contributed by atoms with Crippen molar-refractivity contribution in [3.63, 3.8) is 0 Å². The first-order valence-corrected chi connectivity index (χ1v) is 9.79. The van der Waals surface area contributed by atoms with Crippen molar-refractivity contribution in [3.05, 3.63) is 59.5 Å². The number of aryl methyl sites for hydroxylation is 1. The summed E-state index contributed by atoms with van der Waals surface area (Å²) in [5, 5.41) is 9.35. The summed E-state index contributed by atoms with van der Waals surface area (Å²) >= 11 is 0. The smallest absolute Gasteiger partial charge is 0.378 e. The second kappa shape index (κ2) is 8.87. The maximum atomic E-state index is 12.9. The van der Waals surface area contributed by atoms with Crippen LogP contribution in [0.5, 0.6) is 0 Å². The molecule has 8 nitrogen and oxygen atoms in total. The van der Waals surface area contributed by atoms with Crippen LogP contribution in [0.15, 0.2) is 42.7 Å². The Morgan fingerprint density at radius 3 is 2.69 bits per heavy atom. The maximum absolute atomic E-state index is 12.9. The van der Waals surface area contributed by atoms with Crippen LogP contribution in [0.1, 0.15) is 21.6 Å². The Hall–Kier alpha value is -3.60. The van der Waals surface area contributed by atoms with E-state index in [1.54, 1.807) is 24.4 Å². The van der Waals surface area contributed by atoms with Gasteiger partial charge in [0.2, 0.25) is 0 Å². The molecule has 0 spiro atoms. The predicted molar refractivity (Wildman–Crippen MR) is 110 cm³/mol. The number of carbonyl (C=O) groups excluding carboxylic acids is 1. The third-order valence-corrected chi connectivity index (χ3v) is 4.93. The zero-order valence-corrected chi connectivity index (χ0v) is 17.1. The van der Waals surface area contributed by atoms with Crippen LogP contribution in [0.2, 0.25) is 0 Å². The molecule has 0 aliphatic carbocycles. The Morgan fingerprint density at radius 2 is 1.94 bits per heavy atom. The van der Waals surface area contributed by atoms with Crippen LogP contribution in [-0.2, 0) is 10.9 Å². The zero-order chi connectivity index (χ0) is 22.7. The molecule has 1 saturated heterocycles. The van der Waals surface area contributed by atoms with E-state index in [1.807, 2.05) is 13.0 Å².